The van der Waals surface area contributed by atoms with Gasteiger partial charge in [0, 0.05) is 38.4 Å². The molecule has 0 bridgehead atoms. The topological polar surface area (TPSA) is 65.9 Å². The van der Waals surface area contributed by atoms with Crippen molar-refractivity contribution in [2.24, 2.45) is 0 Å². The van der Waals surface area contributed by atoms with E-state index in [0.29, 0.717) is 0 Å². The molecular formula is C18H23N7. The first-order chi connectivity index (χ1) is 12.2. The van der Waals surface area contributed by atoms with Gasteiger partial charge in [0.15, 0.2) is 0 Å². The zero-order valence-corrected chi connectivity index (χ0v) is 14.7. The molecule has 0 saturated carbocycles. The van der Waals surface area contributed by atoms with E-state index in [1.54, 1.807) is 6.33 Å². The van der Waals surface area contributed by atoms with Gasteiger partial charge in [0.05, 0.1) is 11.4 Å². The third-order valence-corrected chi connectivity index (χ3v) is 4.70. The standard InChI is InChI=1S/C18H23N7/c1-14-11-15(2)25(22-14)17-6-4-3-5-16(17)12-23-7-9-24(10-8-23)18-19-13-20-21-18/h3-6,11,13H,7-10,12H2,1-2H3,(H,19,20,21). The molecule has 1 fully saturated rings. The third kappa shape index (κ3) is 3.28. The van der Waals surface area contributed by atoms with Gasteiger partial charge in [-0.1, -0.05) is 18.2 Å². The number of anilines is 1. The van der Waals surface area contributed by atoms with Gasteiger partial charge in [-0.05, 0) is 31.5 Å². The molecule has 3 aromatic rings. The van der Waals surface area contributed by atoms with Crippen LogP contribution in [0.15, 0.2) is 36.7 Å². The second-order valence-corrected chi connectivity index (χ2v) is 6.54. The van der Waals surface area contributed by atoms with Gasteiger partial charge in [-0.25, -0.2) is 9.78 Å². The molecule has 1 aromatic carbocycles. The maximum absolute atomic E-state index is 4.65. The Morgan fingerprint density at radius 2 is 1.88 bits per heavy atom. The summed E-state index contributed by atoms with van der Waals surface area (Å²) in [5, 5.41) is 11.5. The Balaban J connectivity index is 1.48. The summed E-state index contributed by atoms with van der Waals surface area (Å²) >= 11 is 0. The van der Waals surface area contributed by atoms with Crippen LogP contribution in [-0.2, 0) is 6.54 Å². The molecule has 1 aliphatic rings. The van der Waals surface area contributed by atoms with Crippen molar-refractivity contribution in [2.75, 3.05) is 31.1 Å². The minimum atomic E-state index is 0.864. The average molecular weight is 337 g/mol. The zero-order valence-electron chi connectivity index (χ0n) is 14.7. The SMILES string of the molecule is Cc1cc(C)n(-c2ccccc2CN2CCN(c3ncn[nH]3)CC2)n1. The first kappa shape index (κ1) is 15.8. The second-order valence-electron chi connectivity index (χ2n) is 6.54. The number of hydrogen-bond acceptors (Lipinski definition) is 5. The highest BCUT2D eigenvalue weighted by atomic mass is 15.4. The molecule has 3 heterocycles. The van der Waals surface area contributed by atoms with Crippen LogP contribution in [0.5, 0.6) is 0 Å². The van der Waals surface area contributed by atoms with Crippen molar-refractivity contribution in [3.05, 3.63) is 53.6 Å². The molecule has 7 nitrogen and oxygen atoms in total. The highest BCUT2D eigenvalue weighted by Gasteiger charge is 2.20. The van der Waals surface area contributed by atoms with Crippen LogP contribution in [0.25, 0.3) is 5.69 Å². The van der Waals surface area contributed by atoms with E-state index in [2.05, 4.69) is 72.0 Å². The number of aryl methyl sites for hydroxylation is 2. The summed E-state index contributed by atoms with van der Waals surface area (Å²) in [5.74, 6) is 0.864. The van der Waals surface area contributed by atoms with E-state index in [9.17, 15) is 0 Å². The van der Waals surface area contributed by atoms with Crippen LogP contribution in [-0.4, -0.2) is 56.0 Å². The molecule has 0 spiro atoms. The van der Waals surface area contributed by atoms with Crippen LogP contribution in [0.4, 0.5) is 5.95 Å². The average Bonchev–Trinajstić information content (AvgIpc) is 3.26. The first-order valence-electron chi connectivity index (χ1n) is 8.65. The van der Waals surface area contributed by atoms with Gasteiger partial charge in [-0.3, -0.25) is 4.90 Å². The smallest absolute Gasteiger partial charge is 0.221 e. The van der Waals surface area contributed by atoms with Gasteiger partial charge in [0.25, 0.3) is 0 Å². The number of nitrogens with one attached hydrogen (secondary N) is 1. The van der Waals surface area contributed by atoms with Gasteiger partial charge >= 0.3 is 0 Å². The summed E-state index contributed by atoms with van der Waals surface area (Å²) in [6, 6.07) is 10.7. The highest BCUT2D eigenvalue weighted by Crippen LogP contribution is 2.20. The maximum Gasteiger partial charge on any atom is 0.221 e. The fourth-order valence-electron chi connectivity index (χ4n) is 3.43. The Bertz CT molecular complexity index is 829. The lowest BCUT2D eigenvalue weighted by molar-refractivity contribution is 0.248. The van der Waals surface area contributed by atoms with E-state index >= 15 is 0 Å². The number of H-pyrrole nitrogens is 1. The van der Waals surface area contributed by atoms with E-state index in [-0.39, 0.29) is 0 Å². The molecule has 0 unspecified atom stereocenters. The van der Waals surface area contributed by atoms with Gasteiger partial charge < -0.3 is 4.90 Å². The quantitative estimate of drug-likeness (QED) is 0.788. The maximum atomic E-state index is 4.65. The van der Waals surface area contributed by atoms with Crippen LogP contribution in [0.1, 0.15) is 17.0 Å². The predicted octanol–water partition coefficient (Wildman–Crippen LogP) is 1.93. The van der Waals surface area contributed by atoms with Crippen LogP contribution >= 0.6 is 0 Å². The van der Waals surface area contributed by atoms with Gasteiger partial charge in [0.2, 0.25) is 5.95 Å². The van der Waals surface area contributed by atoms with Crippen molar-refractivity contribution in [2.45, 2.75) is 20.4 Å². The fourth-order valence-corrected chi connectivity index (χ4v) is 3.43. The molecule has 0 atom stereocenters. The Kier molecular flexibility index (Phi) is 4.23. The molecule has 1 N–H and O–H groups in total. The summed E-state index contributed by atoms with van der Waals surface area (Å²) in [6.07, 6.45) is 1.56. The largest absolute Gasteiger partial charge is 0.339 e. The summed E-state index contributed by atoms with van der Waals surface area (Å²) in [5.41, 5.74) is 4.70. The Labute approximate surface area is 147 Å². The lowest BCUT2D eigenvalue weighted by atomic mass is 10.1. The van der Waals surface area contributed by atoms with E-state index < -0.39 is 0 Å². The number of aromatic amines is 1. The molecule has 25 heavy (non-hydrogen) atoms. The number of rotatable bonds is 4. The summed E-state index contributed by atoms with van der Waals surface area (Å²) in [6.45, 7) is 8.99. The monoisotopic (exact) mass is 337 g/mol. The second kappa shape index (κ2) is 6.68. The number of piperazine rings is 1. The molecular weight excluding hydrogens is 314 g/mol. The molecule has 7 heteroatoms. The minimum Gasteiger partial charge on any atom is -0.339 e. The van der Waals surface area contributed by atoms with Crippen molar-refractivity contribution >= 4 is 5.95 Å². The number of nitrogens with zero attached hydrogens (tertiary/aromatic N) is 6. The highest BCUT2D eigenvalue weighted by molar-refractivity contribution is 5.42. The van der Waals surface area contributed by atoms with Crippen molar-refractivity contribution in [3.63, 3.8) is 0 Å². The Hall–Kier alpha value is -2.67. The Morgan fingerprint density at radius 1 is 1.08 bits per heavy atom. The zero-order chi connectivity index (χ0) is 17.2. The van der Waals surface area contributed by atoms with E-state index in [0.717, 1.165) is 44.4 Å². The summed E-state index contributed by atoms with van der Waals surface area (Å²) < 4.78 is 2.05. The van der Waals surface area contributed by atoms with E-state index in [4.69, 9.17) is 0 Å². The third-order valence-electron chi connectivity index (χ3n) is 4.70. The van der Waals surface area contributed by atoms with Gasteiger partial charge in [-0.15, -0.1) is 0 Å². The van der Waals surface area contributed by atoms with Gasteiger partial charge in [0.1, 0.15) is 6.33 Å². The number of para-hydroxylation sites is 1. The van der Waals surface area contributed by atoms with Crippen molar-refractivity contribution in [1.29, 1.82) is 0 Å². The molecule has 1 saturated heterocycles. The lowest BCUT2D eigenvalue weighted by Crippen LogP contribution is -2.46. The van der Waals surface area contributed by atoms with Crippen LogP contribution in [0.3, 0.4) is 0 Å². The minimum absolute atomic E-state index is 0.864. The van der Waals surface area contributed by atoms with E-state index in [1.807, 2.05) is 6.92 Å². The predicted molar refractivity (Wildman–Crippen MR) is 96.9 cm³/mol. The molecule has 0 amide bonds. The number of benzene rings is 1. The molecule has 0 aliphatic carbocycles. The molecule has 0 radical (unpaired) electrons. The number of hydrogen-bond donors (Lipinski definition) is 1. The molecule has 2 aromatic heterocycles. The van der Waals surface area contributed by atoms with Crippen LogP contribution in [0.2, 0.25) is 0 Å². The number of aromatic nitrogens is 5. The molecule has 4 rings (SSSR count). The first-order valence-corrected chi connectivity index (χ1v) is 8.65. The Morgan fingerprint density at radius 3 is 2.56 bits per heavy atom. The van der Waals surface area contributed by atoms with Crippen molar-refractivity contribution < 1.29 is 0 Å². The van der Waals surface area contributed by atoms with E-state index in [1.165, 1.54) is 16.9 Å². The summed E-state index contributed by atoms with van der Waals surface area (Å²) in [7, 11) is 0. The van der Waals surface area contributed by atoms with Crippen molar-refractivity contribution in [3.8, 4) is 5.69 Å². The fraction of sp³-hybridized carbons (Fsp3) is 0.389. The van der Waals surface area contributed by atoms with Gasteiger partial charge in [-0.2, -0.15) is 15.2 Å². The lowest BCUT2D eigenvalue weighted by Gasteiger charge is -2.34. The molecule has 130 valence electrons. The normalized spacial score (nSPS) is 15.7. The van der Waals surface area contributed by atoms with Crippen LogP contribution in [0, 0.1) is 13.8 Å². The van der Waals surface area contributed by atoms with Crippen LogP contribution < -0.4 is 4.90 Å². The van der Waals surface area contributed by atoms with Crippen molar-refractivity contribution in [1.82, 2.24) is 29.9 Å². The summed E-state index contributed by atoms with van der Waals surface area (Å²) in [4.78, 5) is 8.97. The molecule has 1 aliphatic heterocycles.